The number of anilines is 3. The van der Waals surface area contributed by atoms with Crippen molar-refractivity contribution >= 4 is 200 Å². The second kappa shape index (κ2) is 46.4. The Balaban J connectivity index is 0.000000143. The van der Waals surface area contributed by atoms with Crippen molar-refractivity contribution in [3.8, 4) is 17.0 Å². The Bertz CT molecular complexity index is 6980. The summed E-state index contributed by atoms with van der Waals surface area (Å²) in [7, 11) is -5.06. The van der Waals surface area contributed by atoms with Crippen LogP contribution in [0.2, 0.25) is 15.1 Å². The van der Waals surface area contributed by atoms with E-state index < -0.39 is 20.4 Å². The molecule has 1 saturated heterocycles. The van der Waals surface area contributed by atoms with Crippen molar-refractivity contribution in [3.63, 3.8) is 0 Å². The van der Waals surface area contributed by atoms with Crippen LogP contribution in [-0.4, -0.2) is 80.2 Å². The van der Waals surface area contributed by atoms with Crippen LogP contribution in [0.25, 0.3) is 62.5 Å². The van der Waals surface area contributed by atoms with Gasteiger partial charge in [-0.05, 0) is 206 Å². The van der Waals surface area contributed by atoms with Crippen molar-refractivity contribution in [1.82, 2.24) is 9.47 Å². The van der Waals surface area contributed by atoms with E-state index in [0.717, 1.165) is 157 Å². The predicted molar refractivity (Wildman–Crippen MR) is 528 cm³/mol. The molecule has 0 radical (unpaired) electrons. The monoisotopic (exact) mass is 2260 g/mol. The summed E-state index contributed by atoms with van der Waals surface area (Å²) in [6.45, 7) is 21.9. The summed E-state index contributed by atoms with van der Waals surface area (Å²) < 4.78 is 96.6. The van der Waals surface area contributed by atoms with Gasteiger partial charge >= 0.3 is 11.9 Å². The lowest BCUT2D eigenvalue weighted by Gasteiger charge is -2.18. The molecule has 35 heteroatoms. The zero-order valence-electron chi connectivity index (χ0n) is 75.2. The van der Waals surface area contributed by atoms with Crippen molar-refractivity contribution in [2.45, 2.75) is 134 Å². The van der Waals surface area contributed by atoms with Gasteiger partial charge < -0.3 is 86.0 Å². The van der Waals surface area contributed by atoms with Crippen LogP contribution in [0.1, 0.15) is 120 Å². The molecule has 134 heavy (non-hydrogen) atoms. The first kappa shape index (κ1) is 104. The molecule has 5 aromatic heterocycles. The number of thiazole rings is 3. The van der Waals surface area contributed by atoms with Crippen LogP contribution in [0.15, 0.2) is 243 Å². The highest BCUT2D eigenvalue weighted by molar-refractivity contribution is 8.04. The number of ether oxygens (including phenoxy) is 2. The first-order valence-electron chi connectivity index (χ1n) is 43.3. The van der Waals surface area contributed by atoms with Gasteiger partial charge in [0, 0.05) is 136 Å². The fraction of sp³-hybridized carbons (Fsp3) is 0.273. The van der Waals surface area contributed by atoms with Crippen LogP contribution < -0.4 is 119 Å². The summed E-state index contributed by atoms with van der Waals surface area (Å²) in [5.41, 5.74) is 18.4. The molecule has 0 bridgehead atoms. The van der Waals surface area contributed by atoms with E-state index >= 15 is 0 Å². The van der Waals surface area contributed by atoms with Crippen LogP contribution >= 0.6 is 116 Å². The van der Waals surface area contributed by atoms with Crippen molar-refractivity contribution in [3.05, 3.63) is 309 Å². The molecule has 0 amide bonds. The van der Waals surface area contributed by atoms with Crippen LogP contribution in [0, 0.1) is 24.1 Å². The number of carbonyl (C=O) groups is 1. The van der Waals surface area contributed by atoms with Crippen molar-refractivity contribution in [1.29, 1.82) is 0 Å². The van der Waals surface area contributed by atoms with Gasteiger partial charge in [0.05, 0.1) is 65.2 Å². The topological polar surface area (TPSA) is 249 Å². The molecule has 7 aliphatic heterocycles. The molecule has 0 saturated carbocycles. The normalized spacial score (nSPS) is 16.4. The highest BCUT2D eigenvalue weighted by Crippen LogP contribution is 2.53. The maximum Gasteiger partial charge on any atom is 0.403 e. The minimum Gasteiger partial charge on any atom is -1.00 e. The number of hydrogen-bond donors (Lipinski definition) is 0. The minimum atomic E-state index is -4.94. The zero-order chi connectivity index (χ0) is 93.4. The highest BCUT2D eigenvalue weighted by Gasteiger charge is 2.38. The maximum absolute atomic E-state index is 13.2. The summed E-state index contributed by atoms with van der Waals surface area (Å²) in [4.78, 5) is 40.2. The van der Waals surface area contributed by atoms with E-state index in [1.807, 2.05) is 158 Å². The van der Waals surface area contributed by atoms with Gasteiger partial charge in [-0.1, -0.05) is 153 Å². The average molecular weight is 2260 g/mol. The molecule has 1 fully saturated rings. The number of rotatable bonds is 15. The summed E-state index contributed by atoms with van der Waals surface area (Å²) in [5.74, 6) is 3.34. The quantitative estimate of drug-likeness (QED) is 0.0400. The number of pyridine rings is 1. The zero-order valence-corrected chi connectivity index (χ0v) is 89.1. The molecule has 0 spiro atoms. The molecule has 20 rings (SSSR count). The Morgan fingerprint density at radius 3 is 2.08 bits per heavy atom. The number of halogens is 6. The van der Waals surface area contributed by atoms with E-state index in [2.05, 4.69) is 187 Å². The van der Waals surface area contributed by atoms with Crippen LogP contribution in [0.5, 0.6) is 5.75 Å². The Kier molecular flexibility index (Phi) is 35.9. The molecule has 8 aliphatic rings. The van der Waals surface area contributed by atoms with E-state index in [4.69, 9.17) is 67.3 Å². The predicted octanol–water partition coefficient (Wildman–Crippen LogP) is 10.5. The van der Waals surface area contributed by atoms with Gasteiger partial charge in [0.15, 0.2) is 24.5 Å². The fourth-order valence-corrected chi connectivity index (χ4v) is 25.4. The number of thioether (sulfide) groups is 4. The number of oxazole rings is 1. The molecule has 12 heterocycles. The Labute approximate surface area is 861 Å². The number of para-hydroxylation sites is 4. The molecule has 702 valence electrons. The second-order valence-corrected chi connectivity index (χ2v) is 42.2. The molecule has 0 N–H and O–H groups in total. The molecular formula is C99H99Cl4I2N9O12S8. The highest BCUT2D eigenvalue weighted by atomic mass is 127. The van der Waals surface area contributed by atoms with Gasteiger partial charge in [0.1, 0.15) is 33.1 Å². The SMILES string of the molecule is CCN1/C(=C/C(=C/c2oc3ccccc3[n+]2C)SC)Sc2ccc(Cl)cc21.CCN1/C(=C/C=c2\s/c(=C\c3sc4c([n+]3CC)CCCC4)n(CC)c2=O)Oc2ccccc21.CCOC(=O)c1c(C)c(/C=C/C=C2\SCCN2C)cc2[n+]1CCc1ccccc1-2.Cc1ccc(S(=O)(=O)[O-])cc1.Clc1ccc2c(c1)N1CCC(C=C3CC[n+]4c3sc3ccc(Cl)cc34)=C1S2.[I-].[I-].[O-][Cl+3]([O-])([O-])[O-]. The number of aromatic nitrogens is 5. The molecule has 0 atom stereocenters. The van der Waals surface area contributed by atoms with Gasteiger partial charge in [-0.2, -0.15) is 18.3 Å². The number of hydrogen-bond acceptors (Lipinski definition) is 23. The van der Waals surface area contributed by atoms with E-state index in [0.29, 0.717) is 18.8 Å². The lowest BCUT2D eigenvalue weighted by molar-refractivity contribution is -2.00. The summed E-state index contributed by atoms with van der Waals surface area (Å²) >= 11 is 31.2. The van der Waals surface area contributed by atoms with E-state index in [1.165, 1.54) is 127 Å². The standard InChI is InChI=1S/C26H30N3O2S2.C24H27N2O2S.C21H15Cl2N2S2.C21H20ClN2OS2.C7H8O3S.ClHO4.2HI/c1-4-27-18-11-7-9-13-20(18)31-23(27)16-15-22-26(30)29(6-3)25(33-22)17-24-28(5-2)19-12-8-10-14-21(19)32-24;1-4-28-24(27)23-17(2)19(9-7-11-22-25(3)14-15-29-22)16-21-20-10-6-5-8-18(20)12-13-26(21)23;22-14-1-3-18-16(10-14)24-7-5-12(20(24)26-18)9-13-6-8-25-17-11-15(23)2-4-19(17)27-21(13)25;1-4-24-17-11-14(22)9-10-19(17)27-21(24)13-15(26-3)12-20-23(2)16-7-5-6-8-18(16)25-20;1-6-2-4-7(5-3-6)11(8,9)10;2-1(3,4)5;;/h7,9,11,13,15-17H,4-6,8,10,12,14H2,1-3H3;5-11,16H,4,12-15H2,1-3H3;1-4,9-11H,5-8H2;5-13H,4H2,1-3H3;2-5H,1H3,(H,8,9,10);(H,2,3,4,5);2*1H/q4*+1;;;;/p-4/b22-15-,23-16-;;;;;;;. The Morgan fingerprint density at radius 1 is 0.694 bits per heavy atom. The minimum absolute atomic E-state index is 0. The number of benzene rings is 7. The van der Waals surface area contributed by atoms with Crippen LogP contribution in [0.4, 0.5) is 17.1 Å². The first-order chi connectivity index (χ1) is 63.5. The fourth-order valence-electron chi connectivity index (χ4n) is 16.8. The first-order valence-corrected chi connectivity index (χ1v) is 53.4. The van der Waals surface area contributed by atoms with Gasteiger partial charge in [-0.25, -0.2) is 31.8 Å². The third-order valence-corrected chi connectivity index (χ3v) is 32.5. The van der Waals surface area contributed by atoms with Crippen molar-refractivity contribution < 1.29 is 127 Å². The van der Waals surface area contributed by atoms with E-state index in [9.17, 15) is 22.6 Å². The lowest BCUT2D eigenvalue weighted by Crippen LogP contribution is -3.00. The van der Waals surface area contributed by atoms with Crippen LogP contribution in [-0.2, 0) is 67.3 Å². The average Bonchev–Trinajstić information content (AvgIpc) is 1.71. The van der Waals surface area contributed by atoms with Crippen LogP contribution in [0.3, 0.4) is 0 Å². The largest absolute Gasteiger partial charge is 1.00 e. The molecule has 21 nitrogen and oxygen atoms in total. The van der Waals surface area contributed by atoms with Gasteiger partial charge in [0.2, 0.25) is 22.7 Å². The summed E-state index contributed by atoms with van der Waals surface area (Å²) in [6.07, 6.45) is 29.3. The van der Waals surface area contributed by atoms with Gasteiger partial charge in [0.25, 0.3) is 26.8 Å². The molecular weight excluding hydrogens is 2160 g/mol. The number of nitrogens with zero attached hydrogens (tertiary/aromatic N) is 9. The third kappa shape index (κ3) is 24.0. The summed E-state index contributed by atoms with van der Waals surface area (Å²) in [5, 5.41) is 8.88. The molecule has 7 aromatic carbocycles. The van der Waals surface area contributed by atoms with Crippen molar-refractivity contribution in [2.24, 2.45) is 7.05 Å². The smallest absolute Gasteiger partial charge is 0.403 e. The van der Waals surface area contributed by atoms with Gasteiger partial charge in [-0.15, -0.1) is 45.1 Å². The number of aryl methyl sites for hydroxylation is 5. The van der Waals surface area contributed by atoms with E-state index in [-0.39, 0.29) is 64.4 Å². The third-order valence-electron chi connectivity index (χ3n) is 23.2. The second-order valence-electron chi connectivity index (χ2n) is 31.5. The number of fused-ring (bicyclic) bond motifs is 13. The Morgan fingerprint density at radius 2 is 1.38 bits per heavy atom. The lowest BCUT2D eigenvalue weighted by atomic mass is 9.93. The van der Waals surface area contributed by atoms with Gasteiger partial charge in [-0.3, -0.25) is 9.36 Å². The molecule has 0 unspecified atom stereocenters. The molecule has 1 aliphatic carbocycles. The number of esters is 1. The van der Waals surface area contributed by atoms with Crippen molar-refractivity contribution in [2.75, 3.05) is 66.5 Å². The summed E-state index contributed by atoms with van der Waals surface area (Å²) in [6, 6.07) is 51.1. The van der Waals surface area contributed by atoms with E-state index in [1.54, 1.807) is 47.0 Å². The number of allylic oxidation sites excluding steroid dienone is 6. The Hall–Kier alpha value is -7.73. The number of carbonyl (C=O) groups excluding carboxylic acids is 1. The molecule has 12 aromatic rings. The maximum atomic E-state index is 13.2.